The molecule has 0 aromatic heterocycles. The van der Waals surface area contributed by atoms with Crippen molar-refractivity contribution in [2.45, 2.75) is 13.8 Å². The molecule has 0 aliphatic carbocycles. The Morgan fingerprint density at radius 2 is 2.23 bits per heavy atom. The number of hydrogen-bond acceptors (Lipinski definition) is 3. The van der Waals surface area contributed by atoms with E-state index in [4.69, 9.17) is 0 Å². The van der Waals surface area contributed by atoms with Gasteiger partial charge in [-0.2, -0.15) is 0 Å². The zero-order valence-corrected chi connectivity index (χ0v) is 8.88. The zero-order valence-electron chi connectivity index (χ0n) is 8.88. The van der Waals surface area contributed by atoms with Gasteiger partial charge in [0.1, 0.15) is 0 Å². The quantitative estimate of drug-likeness (QED) is 0.596. The van der Waals surface area contributed by atoms with Crippen LogP contribution in [0.25, 0.3) is 0 Å². The van der Waals surface area contributed by atoms with Crippen LogP contribution in [0.2, 0.25) is 0 Å². The first kappa shape index (κ1) is 10.3. The van der Waals surface area contributed by atoms with Gasteiger partial charge in [0.25, 0.3) is 0 Å². The standard InChI is InChI=1S/C10H19N3/c1-5-13-7-6-12(4)8-10(13)9(2)11-3/h3,5-8H2,1-2,4H3/b10-9-. The van der Waals surface area contributed by atoms with Crippen molar-refractivity contribution in [3.05, 3.63) is 11.4 Å². The van der Waals surface area contributed by atoms with Crippen LogP contribution in [-0.4, -0.2) is 49.7 Å². The molecule has 3 nitrogen and oxygen atoms in total. The Hall–Kier alpha value is -0.830. The van der Waals surface area contributed by atoms with E-state index >= 15 is 0 Å². The molecule has 0 radical (unpaired) electrons. The molecule has 0 unspecified atom stereocenters. The summed E-state index contributed by atoms with van der Waals surface area (Å²) in [5.41, 5.74) is 2.39. The molecular weight excluding hydrogens is 162 g/mol. The van der Waals surface area contributed by atoms with E-state index < -0.39 is 0 Å². The predicted molar refractivity (Wildman–Crippen MR) is 57.0 cm³/mol. The highest BCUT2D eigenvalue weighted by molar-refractivity contribution is 5.30. The average Bonchev–Trinajstić information content (AvgIpc) is 2.16. The van der Waals surface area contributed by atoms with Crippen molar-refractivity contribution in [2.24, 2.45) is 4.99 Å². The van der Waals surface area contributed by atoms with Crippen molar-refractivity contribution in [2.75, 3.05) is 33.2 Å². The van der Waals surface area contributed by atoms with Gasteiger partial charge >= 0.3 is 0 Å². The molecule has 1 heterocycles. The zero-order chi connectivity index (χ0) is 9.84. The molecule has 3 heteroatoms. The summed E-state index contributed by atoms with van der Waals surface area (Å²) in [5.74, 6) is 0. The Bertz CT molecular complexity index is 220. The lowest BCUT2D eigenvalue weighted by Crippen LogP contribution is -2.43. The smallest absolute Gasteiger partial charge is 0.0569 e. The summed E-state index contributed by atoms with van der Waals surface area (Å²) in [7, 11) is 2.14. The third-order valence-electron chi connectivity index (χ3n) is 2.59. The molecule has 1 rings (SSSR count). The van der Waals surface area contributed by atoms with Crippen molar-refractivity contribution in [1.29, 1.82) is 0 Å². The lowest BCUT2D eigenvalue weighted by atomic mass is 10.2. The number of aliphatic imine (C=N–C) groups is 1. The summed E-state index contributed by atoms with van der Waals surface area (Å²) in [5, 5.41) is 0. The van der Waals surface area contributed by atoms with E-state index in [1.807, 2.05) is 6.92 Å². The molecule has 74 valence electrons. The van der Waals surface area contributed by atoms with Crippen LogP contribution in [0.5, 0.6) is 0 Å². The van der Waals surface area contributed by atoms with E-state index in [1.165, 1.54) is 5.70 Å². The average molecular weight is 181 g/mol. The fourth-order valence-electron chi connectivity index (χ4n) is 1.64. The molecule has 0 amide bonds. The van der Waals surface area contributed by atoms with Crippen molar-refractivity contribution in [3.8, 4) is 0 Å². The molecule has 1 fully saturated rings. The highest BCUT2D eigenvalue weighted by Gasteiger charge is 2.18. The molecule has 13 heavy (non-hydrogen) atoms. The molecule has 1 aliphatic heterocycles. The summed E-state index contributed by atoms with van der Waals surface area (Å²) in [4.78, 5) is 8.70. The van der Waals surface area contributed by atoms with Crippen LogP contribution in [0.15, 0.2) is 16.4 Å². The van der Waals surface area contributed by atoms with Crippen LogP contribution in [0.4, 0.5) is 0 Å². The molecule has 1 saturated heterocycles. The SMILES string of the molecule is C=N/C(C)=C1/CN(C)CCN1CC. The largest absolute Gasteiger partial charge is 0.371 e. The van der Waals surface area contributed by atoms with E-state index in [0.29, 0.717) is 0 Å². The van der Waals surface area contributed by atoms with Gasteiger partial charge in [-0.05, 0) is 27.6 Å². The molecule has 0 saturated carbocycles. The Labute approximate surface area is 80.7 Å². The third-order valence-corrected chi connectivity index (χ3v) is 2.59. The second-order valence-electron chi connectivity index (χ2n) is 3.51. The molecule has 0 atom stereocenters. The van der Waals surface area contributed by atoms with Gasteiger partial charge in [0, 0.05) is 31.9 Å². The maximum Gasteiger partial charge on any atom is 0.0569 e. The Morgan fingerprint density at radius 1 is 1.54 bits per heavy atom. The Morgan fingerprint density at radius 3 is 2.77 bits per heavy atom. The first-order valence-corrected chi connectivity index (χ1v) is 4.79. The van der Waals surface area contributed by atoms with Crippen LogP contribution in [0.3, 0.4) is 0 Å². The molecular formula is C10H19N3. The molecule has 0 bridgehead atoms. The number of nitrogens with zero attached hydrogens (tertiary/aromatic N) is 3. The maximum absolute atomic E-state index is 4.01. The Balaban J connectivity index is 2.82. The van der Waals surface area contributed by atoms with Gasteiger partial charge < -0.3 is 4.90 Å². The van der Waals surface area contributed by atoms with Gasteiger partial charge in [0.05, 0.1) is 5.70 Å². The number of piperazine rings is 1. The topological polar surface area (TPSA) is 18.8 Å². The second-order valence-corrected chi connectivity index (χ2v) is 3.51. The molecule has 0 N–H and O–H groups in total. The first-order chi connectivity index (χ1) is 6.19. The molecule has 0 spiro atoms. The minimum atomic E-state index is 0.999. The highest BCUT2D eigenvalue weighted by Crippen LogP contribution is 2.16. The Kier molecular flexibility index (Phi) is 3.48. The number of hydrogen-bond donors (Lipinski definition) is 0. The van der Waals surface area contributed by atoms with Crippen molar-refractivity contribution < 1.29 is 0 Å². The maximum atomic E-state index is 4.01. The van der Waals surface area contributed by atoms with Crippen LogP contribution < -0.4 is 0 Å². The predicted octanol–water partition coefficient (Wildman–Crippen LogP) is 1.19. The normalized spacial score (nSPS) is 23.2. The summed E-state index contributed by atoms with van der Waals surface area (Å²) in [6.07, 6.45) is 0. The minimum absolute atomic E-state index is 0.999. The van der Waals surface area contributed by atoms with Gasteiger partial charge in [-0.25, -0.2) is 0 Å². The first-order valence-electron chi connectivity index (χ1n) is 4.79. The van der Waals surface area contributed by atoms with Gasteiger partial charge in [0.15, 0.2) is 0 Å². The van der Waals surface area contributed by atoms with Crippen LogP contribution in [0.1, 0.15) is 13.8 Å². The van der Waals surface area contributed by atoms with Gasteiger partial charge in [-0.15, -0.1) is 0 Å². The summed E-state index contributed by atoms with van der Waals surface area (Å²) in [6, 6.07) is 0. The van der Waals surface area contributed by atoms with Gasteiger partial charge in [0.2, 0.25) is 0 Å². The molecule has 0 aromatic rings. The van der Waals surface area contributed by atoms with E-state index in [-0.39, 0.29) is 0 Å². The number of likely N-dealkylation sites (N-methyl/N-ethyl adjacent to an activating group) is 2. The second kappa shape index (κ2) is 4.42. The van der Waals surface area contributed by atoms with Crippen LogP contribution in [0, 0.1) is 0 Å². The molecule has 1 aliphatic rings. The van der Waals surface area contributed by atoms with E-state index in [1.54, 1.807) is 0 Å². The van der Waals surface area contributed by atoms with Crippen LogP contribution >= 0.6 is 0 Å². The fraction of sp³-hybridized carbons (Fsp3) is 0.700. The monoisotopic (exact) mass is 181 g/mol. The van der Waals surface area contributed by atoms with Gasteiger partial charge in [-0.3, -0.25) is 9.89 Å². The lowest BCUT2D eigenvalue weighted by Gasteiger charge is -2.36. The summed E-state index contributed by atoms with van der Waals surface area (Å²) >= 11 is 0. The molecule has 0 aromatic carbocycles. The van der Waals surface area contributed by atoms with E-state index in [2.05, 4.69) is 35.5 Å². The number of allylic oxidation sites excluding steroid dienone is 1. The van der Waals surface area contributed by atoms with Gasteiger partial charge in [-0.1, -0.05) is 0 Å². The third kappa shape index (κ3) is 2.31. The summed E-state index contributed by atoms with van der Waals surface area (Å²) in [6.45, 7) is 12.1. The van der Waals surface area contributed by atoms with E-state index in [9.17, 15) is 0 Å². The minimum Gasteiger partial charge on any atom is -0.371 e. The highest BCUT2D eigenvalue weighted by atomic mass is 15.3. The van der Waals surface area contributed by atoms with Crippen molar-refractivity contribution in [3.63, 3.8) is 0 Å². The van der Waals surface area contributed by atoms with E-state index in [0.717, 1.165) is 31.9 Å². The van der Waals surface area contributed by atoms with Crippen molar-refractivity contribution in [1.82, 2.24) is 9.80 Å². The van der Waals surface area contributed by atoms with Crippen LogP contribution in [-0.2, 0) is 0 Å². The lowest BCUT2D eigenvalue weighted by molar-refractivity contribution is 0.207. The fourth-order valence-corrected chi connectivity index (χ4v) is 1.64. The number of rotatable bonds is 2. The van der Waals surface area contributed by atoms with Crippen molar-refractivity contribution >= 4 is 6.72 Å². The summed E-state index contributed by atoms with van der Waals surface area (Å²) < 4.78 is 0.